The number of hydrogen-bond acceptors (Lipinski definition) is 2. The fourth-order valence-corrected chi connectivity index (χ4v) is 2.45. The minimum atomic E-state index is 0.895. The molecule has 96 valence electrons. The molecule has 19 heavy (non-hydrogen) atoms. The number of benzene rings is 2. The van der Waals surface area contributed by atoms with Crippen LogP contribution in [0.2, 0.25) is 0 Å². The van der Waals surface area contributed by atoms with Gasteiger partial charge in [-0.1, -0.05) is 24.3 Å². The van der Waals surface area contributed by atoms with Gasteiger partial charge >= 0.3 is 0 Å². The zero-order chi connectivity index (χ0) is 13.2. The van der Waals surface area contributed by atoms with Gasteiger partial charge in [0.05, 0.1) is 14.2 Å². The first-order valence-electron chi connectivity index (χ1n) is 6.32. The van der Waals surface area contributed by atoms with Crippen molar-refractivity contribution >= 4 is 11.6 Å². The van der Waals surface area contributed by atoms with Crippen molar-refractivity contribution in [3.8, 4) is 11.5 Å². The first-order valence-corrected chi connectivity index (χ1v) is 6.32. The van der Waals surface area contributed by atoms with Gasteiger partial charge < -0.3 is 9.47 Å². The fraction of sp³-hybridized carbons (Fsp3) is 0.176. The van der Waals surface area contributed by atoms with Crippen LogP contribution in [0.1, 0.15) is 16.7 Å². The quantitative estimate of drug-likeness (QED) is 0.827. The van der Waals surface area contributed by atoms with Crippen LogP contribution in [0.25, 0.3) is 11.6 Å². The van der Waals surface area contributed by atoms with Gasteiger partial charge in [0.15, 0.2) is 0 Å². The molecule has 3 rings (SSSR count). The van der Waals surface area contributed by atoms with Crippen molar-refractivity contribution in [2.75, 3.05) is 14.2 Å². The number of hydrogen-bond donors (Lipinski definition) is 0. The summed E-state index contributed by atoms with van der Waals surface area (Å²) in [6, 6.07) is 14.4. The van der Waals surface area contributed by atoms with E-state index >= 15 is 0 Å². The largest absolute Gasteiger partial charge is 0.497 e. The molecule has 0 fully saturated rings. The molecule has 2 aromatic rings. The van der Waals surface area contributed by atoms with Crippen molar-refractivity contribution in [1.29, 1.82) is 0 Å². The highest BCUT2D eigenvalue weighted by atomic mass is 16.5. The molecule has 0 aromatic heterocycles. The third-order valence-corrected chi connectivity index (χ3v) is 3.50. The molecule has 0 aliphatic heterocycles. The zero-order valence-corrected chi connectivity index (χ0v) is 11.1. The summed E-state index contributed by atoms with van der Waals surface area (Å²) in [4.78, 5) is 0. The van der Waals surface area contributed by atoms with E-state index < -0.39 is 0 Å². The lowest BCUT2D eigenvalue weighted by Crippen LogP contribution is -1.88. The lowest BCUT2D eigenvalue weighted by atomic mass is 10.0. The van der Waals surface area contributed by atoms with E-state index in [1.807, 2.05) is 18.2 Å². The second-order valence-electron chi connectivity index (χ2n) is 4.64. The van der Waals surface area contributed by atoms with Crippen LogP contribution in [0.3, 0.4) is 0 Å². The van der Waals surface area contributed by atoms with Crippen molar-refractivity contribution in [3.05, 3.63) is 59.2 Å². The van der Waals surface area contributed by atoms with Gasteiger partial charge in [0, 0.05) is 0 Å². The predicted octanol–water partition coefficient (Wildman–Crippen LogP) is 3.80. The van der Waals surface area contributed by atoms with Crippen LogP contribution < -0.4 is 9.47 Å². The molecule has 0 bridgehead atoms. The van der Waals surface area contributed by atoms with Gasteiger partial charge in [-0.25, -0.2) is 0 Å². The number of allylic oxidation sites excluding steroid dienone is 1. The Hall–Kier alpha value is -2.22. The molecule has 0 unspecified atom stereocenters. The molecule has 0 saturated heterocycles. The molecule has 1 aliphatic rings. The van der Waals surface area contributed by atoms with Crippen LogP contribution in [0.4, 0.5) is 0 Å². The fourth-order valence-electron chi connectivity index (χ4n) is 2.45. The third-order valence-electron chi connectivity index (χ3n) is 3.50. The van der Waals surface area contributed by atoms with E-state index in [0.717, 1.165) is 17.9 Å². The van der Waals surface area contributed by atoms with Gasteiger partial charge in [-0.2, -0.15) is 0 Å². The molecule has 0 atom stereocenters. The number of ether oxygens (including phenoxy) is 2. The summed E-state index contributed by atoms with van der Waals surface area (Å²) in [5.74, 6) is 1.80. The van der Waals surface area contributed by atoms with Gasteiger partial charge in [0.1, 0.15) is 11.5 Å². The average Bonchev–Trinajstić information content (AvgIpc) is 2.90. The SMILES string of the molecule is COc1cccc(C2=Cc3cc(OC)ccc3C2)c1. The van der Waals surface area contributed by atoms with Gasteiger partial charge in [-0.05, 0) is 52.9 Å². The van der Waals surface area contributed by atoms with Crippen LogP contribution in [-0.2, 0) is 6.42 Å². The smallest absolute Gasteiger partial charge is 0.119 e. The van der Waals surface area contributed by atoms with E-state index in [0.29, 0.717) is 0 Å². The highest BCUT2D eigenvalue weighted by molar-refractivity contribution is 5.89. The molecule has 0 heterocycles. The second-order valence-corrected chi connectivity index (χ2v) is 4.64. The molecule has 1 aliphatic carbocycles. The molecule has 0 N–H and O–H groups in total. The molecule has 2 nitrogen and oxygen atoms in total. The number of methoxy groups -OCH3 is 2. The summed E-state index contributed by atoms with van der Waals surface area (Å²) in [6.07, 6.45) is 3.19. The van der Waals surface area contributed by atoms with Gasteiger partial charge in [0.25, 0.3) is 0 Å². The Bertz CT molecular complexity index is 641. The molecule has 0 saturated carbocycles. The maximum absolute atomic E-state index is 5.28. The van der Waals surface area contributed by atoms with E-state index in [-0.39, 0.29) is 0 Å². The molecule has 2 heteroatoms. The van der Waals surface area contributed by atoms with Crippen LogP contribution in [0.15, 0.2) is 42.5 Å². The monoisotopic (exact) mass is 252 g/mol. The maximum atomic E-state index is 5.28. The molecular formula is C17H16O2. The summed E-state index contributed by atoms with van der Waals surface area (Å²) in [5.41, 5.74) is 5.13. The van der Waals surface area contributed by atoms with Crippen molar-refractivity contribution in [2.45, 2.75) is 6.42 Å². The summed E-state index contributed by atoms with van der Waals surface area (Å²) >= 11 is 0. The van der Waals surface area contributed by atoms with E-state index in [1.54, 1.807) is 14.2 Å². The lowest BCUT2D eigenvalue weighted by molar-refractivity contribution is 0.414. The topological polar surface area (TPSA) is 18.5 Å². The Morgan fingerprint density at radius 2 is 1.68 bits per heavy atom. The van der Waals surface area contributed by atoms with Crippen molar-refractivity contribution < 1.29 is 9.47 Å². The third kappa shape index (κ3) is 2.22. The Labute approximate surface area is 113 Å². The summed E-state index contributed by atoms with van der Waals surface area (Å²) in [6.45, 7) is 0. The summed E-state index contributed by atoms with van der Waals surface area (Å²) in [7, 11) is 3.39. The molecule has 0 spiro atoms. The lowest BCUT2D eigenvalue weighted by Gasteiger charge is -2.05. The van der Waals surface area contributed by atoms with E-state index in [1.165, 1.54) is 22.3 Å². The molecular weight excluding hydrogens is 236 g/mol. The van der Waals surface area contributed by atoms with Crippen molar-refractivity contribution in [3.63, 3.8) is 0 Å². The number of fused-ring (bicyclic) bond motifs is 1. The van der Waals surface area contributed by atoms with Crippen LogP contribution in [-0.4, -0.2) is 14.2 Å². The molecule has 0 amide bonds. The van der Waals surface area contributed by atoms with E-state index in [2.05, 4.69) is 30.3 Å². The second kappa shape index (κ2) is 4.81. The van der Waals surface area contributed by atoms with Crippen LogP contribution in [0.5, 0.6) is 11.5 Å². The van der Waals surface area contributed by atoms with Crippen LogP contribution >= 0.6 is 0 Å². The Kier molecular flexibility index (Phi) is 3.00. The summed E-state index contributed by atoms with van der Waals surface area (Å²) < 4.78 is 10.5. The van der Waals surface area contributed by atoms with Crippen molar-refractivity contribution in [1.82, 2.24) is 0 Å². The van der Waals surface area contributed by atoms with Crippen LogP contribution in [0, 0.1) is 0 Å². The standard InChI is InChI=1S/C17H16O2/c1-18-16-5-3-4-12(10-16)14-8-13-6-7-17(19-2)11-15(13)9-14/h3-7,9-11H,8H2,1-2H3. The van der Waals surface area contributed by atoms with E-state index in [9.17, 15) is 0 Å². The highest BCUT2D eigenvalue weighted by Gasteiger charge is 2.15. The highest BCUT2D eigenvalue weighted by Crippen LogP contribution is 2.34. The first kappa shape index (κ1) is 11.8. The zero-order valence-electron chi connectivity index (χ0n) is 11.1. The van der Waals surface area contributed by atoms with Gasteiger partial charge in [-0.3, -0.25) is 0 Å². The molecule has 2 aromatic carbocycles. The van der Waals surface area contributed by atoms with E-state index in [4.69, 9.17) is 9.47 Å². The molecule has 0 radical (unpaired) electrons. The summed E-state index contributed by atoms with van der Waals surface area (Å²) in [5, 5.41) is 0. The Balaban J connectivity index is 1.96. The average molecular weight is 252 g/mol. The minimum absolute atomic E-state index is 0.895. The minimum Gasteiger partial charge on any atom is -0.497 e. The normalized spacial score (nSPS) is 12.8. The maximum Gasteiger partial charge on any atom is 0.119 e. The van der Waals surface area contributed by atoms with Gasteiger partial charge in [0.2, 0.25) is 0 Å². The predicted molar refractivity (Wildman–Crippen MR) is 77.6 cm³/mol. The van der Waals surface area contributed by atoms with Gasteiger partial charge in [-0.15, -0.1) is 0 Å². The first-order chi connectivity index (χ1) is 9.30. The Morgan fingerprint density at radius 3 is 2.47 bits per heavy atom. The number of rotatable bonds is 3. The van der Waals surface area contributed by atoms with Crippen molar-refractivity contribution in [2.24, 2.45) is 0 Å². The Morgan fingerprint density at radius 1 is 0.895 bits per heavy atom.